The molecule has 2 aliphatic rings. The first-order valence-electron chi connectivity index (χ1n) is 24.9. The van der Waals surface area contributed by atoms with Crippen molar-refractivity contribution >= 4 is 23.8 Å². The highest BCUT2D eigenvalue weighted by molar-refractivity contribution is 5.87. The van der Waals surface area contributed by atoms with E-state index in [9.17, 15) is 19.2 Å². The van der Waals surface area contributed by atoms with Crippen molar-refractivity contribution < 1.29 is 28.7 Å². The molecule has 0 radical (unpaired) electrons. The highest BCUT2D eigenvalue weighted by atomic mass is 16.5. The van der Waals surface area contributed by atoms with E-state index in [4.69, 9.17) is 9.47 Å². The van der Waals surface area contributed by atoms with E-state index < -0.39 is 17.3 Å². The molecule has 2 rings (SSSR count). The number of likely N-dealkylation sites (tertiary alicyclic amines) is 2. The Labute approximate surface area is 362 Å². The van der Waals surface area contributed by atoms with Crippen LogP contribution < -0.4 is 0 Å². The van der Waals surface area contributed by atoms with Crippen molar-refractivity contribution in [3.8, 4) is 0 Å². The van der Waals surface area contributed by atoms with E-state index in [2.05, 4.69) is 38.2 Å². The maximum absolute atomic E-state index is 12.9. The number of amides is 2. The molecule has 8 nitrogen and oxygen atoms in total. The molecule has 2 amide bonds. The summed E-state index contributed by atoms with van der Waals surface area (Å²) in [6.45, 7) is 10.8. The lowest BCUT2D eigenvalue weighted by atomic mass is 9.96. The predicted octanol–water partition coefficient (Wildman–Crippen LogP) is 12.9. The van der Waals surface area contributed by atoms with Gasteiger partial charge in [0.1, 0.15) is 0 Å². The number of allylic oxidation sites excluding steroid dienone is 4. The molecular formula is C51H90N2O6. The zero-order valence-corrected chi connectivity index (χ0v) is 38.8. The fraction of sp³-hybridized carbons (Fsp3) is 0.843. The Kier molecular flexibility index (Phi) is 30.3. The van der Waals surface area contributed by atoms with Crippen molar-refractivity contribution in [2.45, 2.75) is 220 Å². The molecule has 2 unspecified atom stereocenters. The van der Waals surface area contributed by atoms with Gasteiger partial charge < -0.3 is 19.3 Å². The van der Waals surface area contributed by atoms with Gasteiger partial charge in [-0.2, -0.15) is 0 Å². The molecule has 8 heteroatoms. The molecule has 0 bridgehead atoms. The summed E-state index contributed by atoms with van der Waals surface area (Å²) in [7, 11) is 0. The molecule has 59 heavy (non-hydrogen) atoms. The molecule has 2 atom stereocenters. The van der Waals surface area contributed by atoms with E-state index in [1.807, 2.05) is 23.6 Å². The number of hydrogen-bond donors (Lipinski definition) is 0. The Hall–Kier alpha value is -2.64. The van der Waals surface area contributed by atoms with Gasteiger partial charge in [-0.3, -0.25) is 19.2 Å². The fourth-order valence-corrected chi connectivity index (χ4v) is 8.20. The molecule has 0 aromatic heterocycles. The second-order valence-corrected chi connectivity index (χ2v) is 18.7. The lowest BCUT2D eigenvalue weighted by Gasteiger charge is -2.25. The van der Waals surface area contributed by atoms with Crippen LogP contribution in [-0.4, -0.2) is 72.9 Å². The predicted molar refractivity (Wildman–Crippen MR) is 244 cm³/mol. The van der Waals surface area contributed by atoms with Crippen LogP contribution in [0.5, 0.6) is 0 Å². The van der Waals surface area contributed by atoms with E-state index in [1.54, 1.807) is 0 Å². The van der Waals surface area contributed by atoms with E-state index in [1.165, 1.54) is 154 Å². The molecular weight excluding hydrogens is 737 g/mol. The summed E-state index contributed by atoms with van der Waals surface area (Å²) in [6.07, 6.45) is 44.9. The third kappa shape index (κ3) is 26.3. The first kappa shape index (κ1) is 52.5. The van der Waals surface area contributed by atoms with Crippen molar-refractivity contribution in [1.82, 2.24) is 9.80 Å². The molecule has 0 aromatic carbocycles. The maximum Gasteiger partial charge on any atom is 0.311 e. The number of rotatable bonds is 38. The Morgan fingerprint density at radius 2 is 0.780 bits per heavy atom. The van der Waals surface area contributed by atoms with Gasteiger partial charge in [0.15, 0.2) is 0 Å². The molecule has 0 aliphatic carbocycles. The molecule has 2 fully saturated rings. The molecule has 0 saturated carbocycles. The van der Waals surface area contributed by atoms with Crippen LogP contribution in [-0.2, 0) is 28.7 Å². The van der Waals surface area contributed by atoms with Crippen molar-refractivity contribution in [1.29, 1.82) is 0 Å². The van der Waals surface area contributed by atoms with Gasteiger partial charge in [-0.25, -0.2) is 0 Å². The van der Waals surface area contributed by atoms with Crippen LogP contribution in [0.2, 0.25) is 0 Å². The quantitative estimate of drug-likeness (QED) is 0.0350. The summed E-state index contributed by atoms with van der Waals surface area (Å²) < 4.78 is 11.3. The topological polar surface area (TPSA) is 93.2 Å². The number of carbonyl (C=O) groups excluding carboxylic acids is 4. The Balaban J connectivity index is 1.47. The molecule has 2 heterocycles. The van der Waals surface area contributed by atoms with Crippen LogP contribution >= 0.6 is 0 Å². The van der Waals surface area contributed by atoms with Crippen molar-refractivity contribution in [2.75, 3.05) is 39.4 Å². The summed E-state index contributed by atoms with van der Waals surface area (Å²) in [5.41, 5.74) is -0.580. The first-order valence-corrected chi connectivity index (χ1v) is 24.9. The summed E-state index contributed by atoms with van der Waals surface area (Å²) in [5, 5.41) is 0. The molecule has 0 N–H and O–H groups in total. The Morgan fingerprint density at radius 3 is 1.10 bits per heavy atom. The third-order valence-electron chi connectivity index (χ3n) is 12.2. The zero-order chi connectivity index (χ0) is 42.8. The second kappa shape index (κ2) is 34.0. The highest BCUT2D eigenvalue weighted by Crippen LogP contribution is 2.25. The van der Waals surface area contributed by atoms with Gasteiger partial charge in [-0.05, 0) is 64.2 Å². The lowest BCUT2D eigenvalue weighted by Crippen LogP contribution is -2.33. The molecule has 2 saturated heterocycles. The molecule has 2 aliphatic heterocycles. The SMILES string of the molecule is CCCCCCCCC=CCCCCCCCCN1CC(C(=O)OCC(C)(C)COC(=O)C2CC(=O)N(CCCCCCCCC=CCCCCCCCC)C2)CC1=O. The molecule has 340 valence electrons. The van der Waals surface area contributed by atoms with Gasteiger partial charge in [0.05, 0.1) is 25.0 Å². The number of nitrogens with zero attached hydrogens (tertiary/aromatic N) is 2. The van der Waals surface area contributed by atoms with E-state index in [0.717, 1.165) is 25.7 Å². The minimum Gasteiger partial charge on any atom is -0.465 e. The number of hydrogen-bond acceptors (Lipinski definition) is 6. The van der Waals surface area contributed by atoms with Crippen LogP contribution in [0, 0.1) is 17.3 Å². The number of unbranched alkanes of at least 4 members (excludes halogenated alkanes) is 24. The standard InChI is InChI=1S/C51H90N2O6/c1-5-7-9-11-13-15-17-19-21-23-25-27-29-31-33-35-37-52-41-45(39-47(52)54)49(56)58-43-51(3,4)44-59-50(57)46-40-48(55)53(42-46)38-36-34-32-30-28-26-24-22-20-18-16-14-12-10-8-6-2/h19-22,45-46H,5-18,23-44H2,1-4H3. The van der Waals surface area contributed by atoms with Crippen molar-refractivity contribution in [2.24, 2.45) is 17.3 Å². The summed E-state index contributed by atoms with van der Waals surface area (Å²) in [5.74, 6) is -1.55. The summed E-state index contributed by atoms with van der Waals surface area (Å²) in [6, 6.07) is 0. The van der Waals surface area contributed by atoms with Gasteiger partial charge >= 0.3 is 11.9 Å². The van der Waals surface area contributed by atoms with Crippen LogP contribution in [0.1, 0.15) is 220 Å². The number of esters is 2. The van der Waals surface area contributed by atoms with Crippen LogP contribution in [0.25, 0.3) is 0 Å². The smallest absolute Gasteiger partial charge is 0.311 e. The molecule has 0 spiro atoms. The number of ether oxygens (including phenoxy) is 2. The monoisotopic (exact) mass is 827 g/mol. The van der Waals surface area contributed by atoms with Crippen molar-refractivity contribution in [3.05, 3.63) is 24.3 Å². The zero-order valence-electron chi connectivity index (χ0n) is 38.8. The maximum atomic E-state index is 12.9. The minimum absolute atomic E-state index is 0.0284. The fourth-order valence-electron chi connectivity index (χ4n) is 8.20. The molecule has 0 aromatic rings. The average molecular weight is 827 g/mol. The average Bonchev–Trinajstić information content (AvgIpc) is 3.79. The Morgan fingerprint density at radius 1 is 0.492 bits per heavy atom. The van der Waals surface area contributed by atoms with Gasteiger partial charge in [-0.1, -0.05) is 168 Å². The highest BCUT2D eigenvalue weighted by Gasteiger charge is 2.38. The van der Waals surface area contributed by atoms with Crippen LogP contribution in [0.15, 0.2) is 24.3 Å². The van der Waals surface area contributed by atoms with Gasteiger partial charge in [-0.15, -0.1) is 0 Å². The largest absolute Gasteiger partial charge is 0.465 e. The van der Waals surface area contributed by atoms with E-state index in [0.29, 0.717) is 26.2 Å². The summed E-state index contributed by atoms with van der Waals surface area (Å²) >= 11 is 0. The normalized spacial score (nSPS) is 17.4. The van der Waals surface area contributed by atoms with E-state index in [-0.39, 0.29) is 49.8 Å². The Bertz CT molecular complexity index is 1090. The lowest BCUT2D eigenvalue weighted by molar-refractivity contribution is -0.157. The third-order valence-corrected chi connectivity index (χ3v) is 12.2. The van der Waals surface area contributed by atoms with Crippen LogP contribution in [0.3, 0.4) is 0 Å². The minimum atomic E-state index is -0.580. The first-order chi connectivity index (χ1) is 28.7. The summed E-state index contributed by atoms with van der Waals surface area (Å²) in [4.78, 5) is 54.8. The van der Waals surface area contributed by atoms with Crippen LogP contribution in [0.4, 0.5) is 0 Å². The second-order valence-electron chi connectivity index (χ2n) is 18.7. The van der Waals surface area contributed by atoms with Crippen molar-refractivity contribution in [3.63, 3.8) is 0 Å². The van der Waals surface area contributed by atoms with E-state index >= 15 is 0 Å². The van der Waals surface area contributed by atoms with Gasteiger partial charge in [0.25, 0.3) is 0 Å². The van der Waals surface area contributed by atoms with Gasteiger partial charge in [0, 0.05) is 44.4 Å². The number of carbonyl (C=O) groups is 4. The van der Waals surface area contributed by atoms with Gasteiger partial charge in [0.2, 0.25) is 11.8 Å².